The Morgan fingerprint density at radius 2 is 1.79 bits per heavy atom. The second-order valence-corrected chi connectivity index (χ2v) is 5.06. The summed E-state index contributed by atoms with van der Waals surface area (Å²) in [5, 5.41) is 0. The van der Waals surface area contributed by atoms with Gasteiger partial charge in [0, 0.05) is 12.6 Å². The molecule has 0 radical (unpaired) electrons. The molecule has 2 saturated carbocycles. The number of rotatable bonds is 4. The molecule has 0 aromatic rings. The van der Waals surface area contributed by atoms with Crippen LogP contribution in [-0.4, -0.2) is 30.6 Å². The van der Waals surface area contributed by atoms with Gasteiger partial charge in [-0.3, -0.25) is 0 Å². The van der Waals surface area contributed by atoms with Crippen molar-refractivity contribution in [2.75, 3.05) is 19.6 Å². The fourth-order valence-electron chi connectivity index (χ4n) is 3.51. The van der Waals surface area contributed by atoms with Crippen LogP contribution in [0.4, 0.5) is 0 Å². The Balaban J connectivity index is 1.91. The van der Waals surface area contributed by atoms with E-state index in [-0.39, 0.29) is 0 Å². The van der Waals surface area contributed by atoms with Crippen LogP contribution in [-0.2, 0) is 0 Å². The summed E-state index contributed by atoms with van der Waals surface area (Å²) in [6.45, 7) is 8.11. The average Bonchev–Trinajstić information content (AvgIpc) is 2.77. The molecule has 0 amide bonds. The van der Waals surface area contributed by atoms with Crippen molar-refractivity contribution in [3.63, 3.8) is 0 Å². The third kappa shape index (κ3) is 1.70. The van der Waals surface area contributed by atoms with E-state index in [1.54, 1.807) is 0 Å². The van der Waals surface area contributed by atoms with Gasteiger partial charge in [0.1, 0.15) is 0 Å². The van der Waals surface area contributed by atoms with Gasteiger partial charge in [0.15, 0.2) is 0 Å². The molecule has 0 aliphatic heterocycles. The Morgan fingerprint density at radius 3 is 2.29 bits per heavy atom. The summed E-state index contributed by atoms with van der Waals surface area (Å²) in [6.07, 6.45) is 4.28. The third-order valence-corrected chi connectivity index (χ3v) is 4.52. The highest BCUT2D eigenvalue weighted by Gasteiger charge is 2.45. The predicted octanol–water partition coefficient (Wildman–Crippen LogP) is 1.70. The van der Waals surface area contributed by atoms with Crippen molar-refractivity contribution < 1.29 is 0 Å². The second-order valence-electron chi connectivity index (χ2n) is 5.06. The standard InChI is InChI=1S/C12H24N2/c1-3-14(4-2)8-11-9-5-6-10(7-9)12(11)13/h9-12H,3-8,13H2,1-2H3. The van der Waals surface area contributed by atoms with Gasteiger partial charge in [-0.15, -0.1) is 0 Å². The minimum absolute atomic E-state index is 0.509. The molecular formula is C12H24N2. The first-order chi connectivity index (χ1) is 6.76. The molecule has 0 saturated heterocycles. The van der Waals surface area contributed by atoms with Crippen LogP contribution in [0, 0.1) is 17.8 Å². The Morgan fingerprint density at radius 1 is 1.14 bits per heavy atom. The van der Waals surface area contributed by atoms with Gasteiger partial charge in [0.05, 0.1) is 0 Å². The SMILES string of the molecule is CCN(CC)CC1C2CCC(C2)C1N. The van der Waals surface area contributed by atoms with Gasteiger partial charge in [-0.2, -0.15) is 0 Å². The Hall–Kier alpha value is -0.0800. The molecule has 2 heteroatoms. The quantitative estimate of drug-likeness (QED) is 0.741. The number of hydrogen-bond acceptors (Lipinski definition) is 2. The third-order valence-electron chi connectivity index (χ3n) is 4.52. The first-order valence-electron chi connectivity index (χ1n) is 6.24. The molecule has 2 bridgehead atoms. The monoisotopic (exact) mass is 196 g/mol. The highest BCUT2D eigenvalue weighted by molar-refractivity contribution is 4.99. The van der Waals surface area contributed by atoms with Crippen molar-refractivity contribution in [1.29, 1.82) is 0 Å². The molecule has 4 unspecified atom stereocenters. The molecule has 2 fully saturated rings. The normalized spacial score (nSPS) is 41.1. The van der Waals surface area contributed by atoms with Crippen LogP contribution in [0.15, 0.2) is 0 Å². The van der Waals surface area contributed by atoms with Crippen LogP contribution in [0.3, 0.4) is 0 Å². The lowest BCUT2D eigenvalue weighted by molar-refractivity contribution is 0.186. The van der Waals surface area contributed by atoms with Gasteiger partial charge in [0.25, 0.3) is 0 Å². The summed E-state index contributed by atoms with van der Waals surface area (Å²) < 4.78 is 0. The summed E-state index contributed by atoms with van der Waals surface area (Å²) in [7, 11) is 0. The van der Waals surface area contributed by atoms with Gasteiger partial charge in [-0.1, -0.05) is 13.8 Å². The number of nitrogens with zero attached hydrogens (tertiary/aromatic N) is 1. The fourth-order valence-corrected chi connectivity index (χ4v) is 3.51. The molecule has 2 nitrogen and oxygen atoms in total. The van der Waals surface area contributed by atoms with E-state index < -0.39 is 0 Å². The molecule has 0 heterocycles. The molecule has 0 aromatic carbocycles. The van der Waals surface area contributed by atoms with Crippen molar-refractivity contribution in [2.24, 2.45) is 23.5 Å². The zero-order valence-electron chi connectivity index (χ0n) is 9.58. The number of fused-ring (bicyclic) bond motifs is 2. The fraction of sp³-hybridized carbons (Fsp3) is 1.00. The maximum Gasteiger partial charge on any atom is 0.0111 e. The molecule has 82 valence electrons. The molecule has 0 spiro atoms. The van der Waals surface area contributed by atoms with Crippen LogP contribution in [0.1, 0.15) is 33.1 Å². The zero-order chi connectivity index (χ0) is 10.1. The van der Waals surface area contributed by atoms with Crippen molar-refractivity contribution in [1.82, 2.24) is 4.90 Å². The average molecular weight is 196 g/mol. The van der Waals surface area contributed by atoms with E-state index in [4.69, 9.17) is 5.73 Å². The van der Waals surface area contributed by atoms with E-state index in [0.717, 1.165) is 17.8 Å². The van der Waals surface area contributed by atoms with E-state index in [1.807, 2.05) is 0 Å². The van der Waals surface area contributed by atoms with Crippen LogP contribution < -0.4 is 5.73 Å². The second kappa shape index (κ2) is 4.19. The van der Waals surface area contributed by atoms with E-state index in [9.17, 15) is 0 Å². The summed E-state index contributed by atoms with van der Waals surface area (Å²) in [5.41, 5.74) is 6.30. The van der Waals surface area contributed by atoms with Crippen molar-refractivity contribution in [3.05, 3.63) is 0 Å². The number of hydrogen-bond donors (Lipinski definition) is 1. The van der Waals surface area contributed by atoms with Gasteiger partial charge in [-0.05, 0) is 50.1 Å². The lowest BCUT2D eigenvalue weighted by Gasteiger charge is -2.32. The number of nitrogens with two attached hydrogens (primary N) is 1. The highest BCUT2D eigenvalue weighted by Crippen LogP contribution is 2.47. The molecule has 2 rings (SSSR count). The summed E-state index contributed by atoms with van der Waals surface area (Å²) >= 11 is 0. The van der Waals surface area contributed by atoms with Gasteiger partial charge >= 0.3 is 0 Å². The molecule has 0 aromatic heterocycles. The van der Waals surface area contributed by atoms with Gasteiger partial charge < -0.3 is 10.6 Å². The first-order valence-corrected chi connectivity index (χ1v) is 6.24. The molecule has 2 N–H and O–H groups in total. The van der Waals surface area contributed by atoms with Crippen LogP contribution in [0.5, 0.6) is 0 Å². The van der Waals surface area contributed by atoms with Crippen LogP contribution >= 0.6 is 0 Å². The summed E-state index contributed by atoms with van der Waals surface area (Å²) in [4.78, 5) is 2.53. The molecule has 14 heavy (non-hydrogen) atoms. The Labute approximate surface area is 87.8 Å². The lowest BCUT2D eigenvalue weighted by Crippen LogP contribution is -2.42. The van der Waals surface area contributed by atoms with Crippen LogP contribution in [0.25, 0.3) is 0 Å². The molecule has 4 atom stereocenters. The molecular weight excluding hydrogens is 172 g/mol. The smallest absolute Gasteiger partial charge is 0.0111 e. The maximum absolute atomic E-state index is 6.30. The van der Waals surface area contributed by atoms with E-state index in [0.29, 0.717) is 6.04 Å². The summed E-state index contributed by atoms with van der Waals surface area (Å²) in [6, 6.07) is 0.509. The van der Waals surface area contributed by atoms with Gasteiger partial charge in [-0.25, -0.2) is 0 Å². The Kier molecular flexibility index (Phi) is 3.13. The van der Waals surface area contributed by atoms with E-state index in [2.05, 4.69) is 18.7 Å². The minimum atomic E-state index is 0.509. The summed E-state index contributed by atoms with van der Waals surface area (Å²) in [5.74, 6) is 2.62. The van der Waals surface area contributed by atoms with Crippen molar-refractivity contribution >= 4 is 0 Å². The minimum Gasteiger partial charge on any atom is -0.327 e. The largest absolute Gasteiger partial charge is 0.327 e. The predicted molar refractivity (Wildman–Crippen MR) is 60.1 cm³/mol. The van der Waals surface area contributed by atoms with E-state index >= 15 is 0 Å². The molecule has 2 aliphatic rings. The van der Waals surface area contributed by atoms with E-state index in [1.165, 1.54) is 38.9 Å². The van der Waals surface area contributed by atoms with Crippen molar-refractivity contribution in [3.8, 4) is 0 Å². The highest BCUT2D eigenvalue weighted by atomic mass is 15.1. The zero-order valence-corrected chi connectivity index (χ0v) is 9.58. The van der Waals surface area contributed by atoms with Crippen molar-refractivity contribution in [2.45, 2.75) is 39.2 Å². The Bertz CT molecular complexity index is 187. The molecule has 2 aliphatic carbocycles. The maximum atomic E-state index is 6.30. The lowest BCUT2D eigenvalue weighted by atomic mass is 9.84. The van der Waals surface area contributed by atoms with Gasteiger partial charge in [0.2, 0.25) is 0 Å². The first kappa shape index (κ1) is 10.4. The topological polar surface area (TPSA) is 29.3 Å². The van der Waals surface area contributed by atoms with Crippen LogP contribution in [0.2, 0.25) is 0 Å².